The fourth-order valence-corrected chi connectivity index (χ4v) is 3.11. The van der Waals surface area contributed by atoms with Crippen molar-refractivity contribution < 1.29 is 23.8 Å². The summed E-state index contributed by atoms with van der Waals surface area (Å²) in [4.78, 5) is 27.3. The number of hydrogen-bond donors (Lipinski definition) is 1. The molecule has 7 nitrogen and oxygen atoms in total. The number of likely N-dealkylation sites (N-methyl/N-ethyl adjacent to an activating group) is 1. The first kappa shape index (κ1) is 22.2. The highest BCUT2D eigenvalue weighted by molar-refractivity contribution is 6.01. The number of para-hydroxylation sites is 3. The lowest BCUT2D eigenvalue weighted by Gasteiger charge is -2.27. The lowest BCUT2D eigenvalue weighted by atomic mass is 10.1. The van der Waals surface area contributed by atoms with Crippen LogP contribution in [0.15, 0.2) is 54.3 Å². The summed E-state index contributed by atoms with van der Waals surface area (Å²) in [6.07, 6.45) is -0.603. The topological polar surface area (TPSA) is 77.1 Å². The molecule has 31 heavy (non-hydrogen) atoms. The summed E-state index contributed by atoms with van der Waals surface area (Å²) in [5, 5.41) is 2.75. The second-order valence-corrected chi connectivity index (χ2v) is 7.96. The number of rotatable bonds is 5. The molecule has 164 valence electrons. The second-order valence-electron chi connectivity index (χ2n) is 7.96. The highest BCUT2D eigenvalue weighted by Crippen LogP contribution is 2.40. The molecule has 0 aromatic heterocycles. The lowest BCUT2D eigenvalue weighted by Crippen LogP contribution is -2.35. The van der Waals surface area contributed by atoms with Gasteiger partial charge in [0.1, 0.15) is 5.60 Å². The van der Waals surface area contributed by atoms with Crippen molar-refractivity contribution in [2.24, 2.45) is 0 Å². The van der Waals surface area contributed by atoms with Crippen molar-refractivity contribution >= 4 is 23.4 Å². The fourth-order valence-electron chi connectivity index (χ4n) is 3.11. The zero-order valence-electron chi connectivity index (χ0n) is 18.5. The van der Waals surface area contributed by atoms with Crippen LogP contribution in [0.25, 0.3) is 5.76 Å². The minimum atomic E-state index is -0.647. The van der Waals surface area contributed by atoms with Gasteiger partial charge < -0.3 is 19.1 Å². The molecule has 7 heteroatoms. The molecule has 0 radical (unpaired) electrons. The van der Waals surface area contributed by atoms with Crippen LogP contribution in [0, 0.1) is 0 Å². The van der Waals surface area contributed by atoms with Crippen molar-refractivity contribution in [1.82, 2.24) is 4.90 Å². The molecule has 0 fully saturated rings. The number of amides is 2. The van der Waals surface area contributed by atoms with E-state index in [-0.39, 0.29) is 17.4 Å². The minimum absolute atomic E-state index is 0.0702. The van der Waals surface area contributed by atoms with Crippen LogP contribution < -0.4 is 14.8 Å². The molecule has 2 aromatic carbocycles. The van der Waals surface area contributed by atoms with E-state index in [9.17, 15) is 9.59 Å². The maximum Gasteiger partial charge on any atom is 0.412 e. The van der Waals surface area contributed by atoms with Crippen molar-refractivity contribution in [1.29, 1.82) is 0 Å². The van der Waals surface area contributed by atoms with E-state index >= 15 is 0 Å². The maximum atomic E-state index is 13.2. The van der Waals surface area contributed by atoms with Gasteiger partial charge in [0.2, 0.25) is 5.76 Å². The Kier molecular flexibility index (Phi) is 6.53. The van der Waals surface area contributed by atoms with Gasteiger partial charge in [-0.15, -0.1) is 0 Å². The van der Waals surface area contributed by atoms with Crippen LogP contribution in [0.3, 0.4) is 0 Å². The lowest BCUT2D eigenvalue weighted by molar-refractivity contribution is -0.129. The number of fused-ring (bicyclic) bond motifs is 1. The van der Waals surface area contributed by atoms with Gasteiger partial charge >= 0.3 is 6.09 Å². The summed E-state index contributed by atoms with van der Waals surface area (Å²) in [6.45, 7) is 10.2. The number of carbonyl (C=O) groups is 2. The van der Waals surface area contributed by atoms with Gasteiger partial charge in [-0.2, -0.15) is 0 Å². The van der Waals surface area contributed by atoms with Crippen molar-refractivity contribution in [3.63, 3.8) is 0 Å². The monoisotopic (exact) mass is 424 g/mol. The normalized spacial score (nSPS) is 12.9. The number of nitrogens with one attached hydrogen (secondary N) is 1. The molecule has 0 saturated carbocycles. The number of ether oxygens (including phenoxy) is 3. The van der Waals surface area contributed by atoms with Gasteiger partial charge in [-0.1, -0.05) is 24.3 Å². The van der Waals surface area contributed by atoms with E-state index in [1.54, 1.807) is 62.1 Å². The van der Waals surface area contributed by atoms with Crippen molar-refractivity contribution in [3.8, 4) is 11.5 Å². The van der Waals surface area contributed by atoms with Crippen LogP contribution in [0.1, 0.15) is 40.2 Å². The predicted molar refractivity (Wildman–Crippen MR) is 119 cm³/mol. The molecule has 0 spiro atoms. The smallest absolute Gasteiger partial charge is 0.412 e. The van der Waals surface area contributed by atoms with Crippen molar-refractivity contribution in [2.45, 2.75) is 40.2 Å². The highest BCUT2D eigenvalue weighted by Gasteiger charge is 2.31. The predicted octanol–water partition coefficient (Wildman–Crippen LogP) is 5.04. The average Bonchev–Trinajstić information content (AvgIpc) is 2.72. The zero-order chi connectivity index (χ0) is 22.6. The summed E-state index contributed by atoms with van der Waals surface area (Å²) in [5.74, 6) is 0.963. The summed E-state index contributed by atoms with van der Waals surface area (Å²) in [5.41, 5.74) is 0.309. The van der Waals surface area contributed by atoms with Crippen LogP contribution in [-0.4, -0.2) is 35.6 Å². The zero-order valence-corrected chi connectivity index (χ0v) is 18.5. The molecule has 2 aromatic rings. The third-order valence-corrected chi connectivity index (χ3v) is 4.53. The fraction of sp³-hybridized carbons (Fsp3) is 0.333. The SMILES string of the molecule is CCN(CC)C(=O)C1=C(c2ccccc2NC(=O)OC(C)(C)C)Oc2ccccc2O1. The quantitative estimate of drug-likeness (QED) is 0.727. The maximum absolute atomic E-state index is 13.2. The summed E-state index contributed by atoms with van der Waals surface area (Å²) in [7, 11) is 0. The molecule has 1 N–H and O–H groups in total. The van der Waals surface area contributed by atoms with Crippen LogP contribution >= 0.6 is 0 Å². The molecule has 1 heterocycles. The Bertz CT molecular complexity index is 1000. The first-order chi connectivity index (χ1) is 14.7. The first-order valence-corrected chi connectivity index (χ1v) is 10.3. The van der Waals surface area contributed by atoms with E-state index in [0.29, 0.717) is 35.8 Å². The third kappa shape index (κ3) is 5.17. The van der Waals surface area contributed by atoms with Gasteiger partial charge in [0.05, 0.1) is 5.69 Å². The molecule has 3 rings (SSSR count). The van der Waals surface area contributed by atoms with Crippen molar-refractivity contribution in [3.05, 3.63) is 59.9 Å². The van der Waals surface area contributed by atoms with Crippen molar-refractivity contribution in [2.75, 3.05) is 18.4 Å². The number of hydrogen-bond acceptors (Lipinski definition) is 5. The number of nitrogens with zero attached hydrogens (tertiary/aromatic N) is 1. The molecular formula is C24H28N2O5. The molecule has 1 aliphatic rings. The Morgan fingerprint density at radius 2 is 1.52 bits per heavy atom. The Morgan fingerprint density at radius 1 is 0.935 bits per heavy atom. The first-order valence-electron chi connectivity index (χ1n) is 10.3. The molecule has 0 saturated heterocycles. The van der Waals surface area contributed by atoms with Crippen LogP contribution in [0.5, 0.6) is 11.5 Å². The van der Waals surface area contributed by atoms with Gasteiger partial charge in [-0.05, 0) is 58.9 Å². The second kappa shape index (κ2) is 9.12. The molecule has 0 aliphatic carbocycles. The minimum Gasteiger partial charge on any atom is -0.449 e. The Balaban J connectivity index is 2.06. The molecule has 0 bridgehead atoms. The highest BCUT2D eigenvalue weighted by atomic mass is 16.6. The summed E-state index contributed by atoms with van der Waals surface area (Å²) < 4.78 is 17.5. The van der Waals surface area contributed by atoms with Gasteiger partial charge in [-0.25, -0.2) is 4.79 Å². The molecule has 0 unspecified atom stereocenters. The molecule has 0 atom stereocenters. The largest absolute Gasteiger partial charge is 0.449 e. The molecule has 1 aliphatic heterocycles. The standard InChI is InChI=1S/C24H28N2O5/c1-6-26(7-2)22(27)21-20(29-18-14-10-11-15-19(18)30-21)16-12-8-9-13-17(16)25-23(28)31-24(3,4)5/h8-15H,6-7H2,1-5H3,(H,25,28). The van der Waals surface area contributed by atoms with E-state index < -0.39 is 11.7 Å². The van der Waals surface area contributed by atoms with Gasteiger partial charge in [0.25, 0.3) is 5.91 Å². The number of carbonyl (C=O) groups excluding carboxylic acids is 2. The number of benzene rings is 2. The van der Waals surface area contributed by atoms with Crippen LogP contribution in [0.2, 0.25) is 0 Å². The Labute approximate surface area is 182 Å². The molecular weight excluding hydrogens is 396 g/mol. The Hall–Kier alpha value is -3.48. The van der Waals surface area contributed by atoms with E-state index in [4.69, 9.17) is 14.2 Å². The van der Waals surface area contributed by atoms with E-state index in [1.165, 1.54) is 0 Å². The average molecular weight is 424 g/mol. The molecule has 2 amide bonds. The van der Waals surface area contributed by atoms with E-state index in [0.717, 1.165) is 0 Å². The van der Waals surface area contributed by atoms with Crippen LogP contribution in [0.4, 0.5) is 10.5 Å². The van der Waals surface area contributed by atoms with Gasteiger partial charge in [0.15, 0.2) is 17.3 Å². The third-order valence-electron chi connectivity index (χ3n) is 4.53. The van der Waals surface area contributed by atoms with Crippen LogP contribution in [-0.2, 0) is 9.53 Å². The Morgan fingerprint density at radius 3 is 2.13 bits per heavy atom. The van der Waals surface area contributed by atoms with Gasteiger partial charge in [-0.3, -0.25) is 10.1 Å². The summed E-state index contributed by atoms with van der Waals surface area (Å²) in [6, 6.07) is 14.2. The van der Waals surface area contributed by atoms with E-state index in [2.05, 4.69) is 5.32 Å². The summed E-state index contributed by atoms with van der Waals surface area (Å²) >= 11 is 0. The number of anilines is 1. The van der Waals surface area contributed by atoms with E-state index in [1.807, 2.05) is 26.0 Å². The van der Waals surface area contributed by atoms with Gasteiger partial charge in [0, 0.05) is 18.7 Å².